The number of ketones is 1. The number of carbonyl (C=O) groups is 1. The molecule has 2 atom stereocenters. The number of carbonyl (C=O) groups excluding carboxylic acids is 1. The summed E-state index contributed by atoms with van der Waals surface area (Å²) in [4.78, 5) is 11.5. The summed E-state index contributed by atoms with van der Waals surface area (Å²) in [5.74, 6) is 0.464. The Morgan fingerprint density at radius 3 is 2.61 bits per heavy atom. The maximum Gasteiger partial charge on any atom is 0.192 e. The Hall–Kier alpha value is -0.673. The summed E-state index contributed by atoms with van der Waals surface area (Å²) in [6.45, 7) is 15.0. The van der Waals surface area contributed by atoms with Crippen molar-refractivity contribution in [1.29, 1.82) is 0 Å². The molecule has 0 bridgehead atoms. The standard InChI is InChI=1S/C15H26O2Si/c1-7-8-12-11-13(16)9-10-14(12)17-18(5,6)15(2,3)4/h7,9-10,12,14H,1,8,11H2,2-6H3/t12-,14-/m0/s1. The molecule has 0 aliphatic heterocycles. The van der Waals surface area contributed by atoms with Gasteiger partial charge in [-0.05, 0) is 36.5 Å². The van der Waals surface area contributed by atoms with Gasteiger partial charge < -0.3 is 4.43 Å². The molecule has 0 amide bonds. The van der Waals surface area contributed by atoms with Gasteiger partial charge in [0, 0.05) is 6.42 Å². The molecule has 2 nitrogen and oxygen atoms in total. The van der Waals surface area contributed by atoms with Crippen LogP contribution in [0.5, 0.6) is 0 Å². The molecule has 0 saturated heterocycles. The molecule has 0 aromatic carbocycles. The highest BCUT2D eigenvalue weighted by molar-refractivity contribution is 6.74. The molecule has 0 spiro atoms. The van der Waals surface area contributed by atoms with Crippen molar-refractivity contribution in [2.45, 2.75) is 57.8 Å². The number of rotatable bonds is 4. The molecule has 1 aliphatic carbocycles. The van der Waals surface area contributed by atoms with Crippen LogP contribution in [0.2, 0.25) is 18.1 Å². The van der Waals surface area contributed by atoms with Crippen LogP contribution in [-0.2, 0) is 9.22 Å². The van der Waals surface area contributed by atoms with Crippen molar-refractivity contribution in [1.82, 2.24) is 0 Å². The fourth-order valence-electron chi connectivity index (χ4n) is 1.89. The minimum atomic E-state index is -1.78. The highest BCUT2D eigenvalue weighted by atomic mass is 28.4. The molecule has 0 heterocycles. The van der Waals surface area contributed by atoms with E-state index in [1.54, 1.807) is 6.08 Å². The molecule has 0 saturated carbocycles. The Morgan fingerprint density at radius 2 is 2.11 bits per heavy atom. The third kappa shape index (κ3) is 3.66. The average Bonchev–Trinajstić information content (AvgIpc) is 2.20. The van der Waals surface area contributed by atoms with E-state index < -0.39 is 8.32 Å². The van der Waals surface area contributed by atoms with E-state index in [-0.39, 0.29) is 22.8 Å². The zero-order valence-electron chi connectivity index (χ0n) is 12.3. The monoisotopic (exact) mass is 266 g/mol. The van der Waals surface area contributed by atoms with Gasteiger partial charge in [-0.3, -0.25) is 4.79 Å². The van der Waals surface area contributed by atoms with Crippen molar-refractivity contribution in [3.05, 3.63) is 24.8 Å². The first-order valence-corrected chi connectivity index (χ1v) is 9.58. The van der Waals surface area contributed by atoms with Gasteiger partial charge in [0.15, 0.2) is 14.1 Å². The fourth-order valence-corrected chi connectivity index (χ4v) is 3.19. The molecular weight excluding hydrogens is 240 g/mol. The van der Waals surface area contributed by atoms with Crippen LogP contribution in [0.4, 0.5) is 0 Å². The van der Waals surface area contributed by atoms with Crippen molar-refractivity contribution >= 4 is 14.1 Å². The molecule has 0 aromatic heterocycles. The van der Waals surface area contributed by atoms with Gasteiger partial charge in [-0.1, -0.05) is 32.9 Å². The van der Waals surface area contributed by atoms with Crippen LogP contribution in [0, 0.1) is 5.92 Å². The quantitative estimate of drug-likeness (QED) is 0.565. The van der Waals surface area contributed by atoms with Crippen LogP contribution in [0.3, 0.4) is 0 Å². The highest BCUT2D eigenvalue weighted by Crippen LogP contribution is 2.39. The van der Waals surface area contributed by atoms with E-state index in [4.69, 9.17) is 4.43 Å². The van der Waals surface area contributed by atoms with Crippen LogP contribution >= 0.6 is 0 Å². The van der Waals surface area contributed by atoms with Gasteiger partial charge in [-0.15, -0.1) is 6.58 Å². The lowest BCUT2D eigenvalue weighted by Gasteiger charge is -2.41. The second kappa shape index (κ2) is 5.53. The van der Waals surface area contributed by atoms with E-state index in [2.05, 4.69) is 40.4 Å². The number of allylic oxidation sites excluding steroid dienone is 2. The van der Waals surface area contributed by atoms with E-state index in [1.165, 1.54) is 0 Å². The van der Waals surface area contributed by atoms with Crippen LogP contribution in [0.1, 0.15) is 33.6 Å². The predicted molar refractivity (Wildman–Crippen MR) is 79.1 cm³/mol. The Morgan fingerprint density at radius 1 is 1.50 bits per heavy atom. The van der Waals surface area contributed by atoms with E-state index in [0.717, 1.165) is 6.42 Å². The summed E-state index contributed by atoms with van der Waals surface area (Å²) in [6.07, 6.45) is 7.01. The van der Waals surface area contributed by atoms with Gasteiger partial charge in [0.25, 0.3) is 0 Å². The number of hydrogen-bond donors (Lipinski definition) is 0. The lowest BCUT2D eigenvalue weighted by Crippen LogP contribution is -2.46. The lowest BCUT2D eigenvalue weighted by molar-refractivity contribution is -0.116. The van der Waals surface area contributed by atoms with Gasteiger partial charge in [0.05, 0.1) is 6.10 Å². The van der Waals surface area contributed by atoms with E-state index >= 15 is 0 Å². The van der Waals surface area contributed by atoms with Crippen molar-refractivity contribution in [3.8, 4) is 0 Å². The summed E-state index contributed by atoms with van der Waals surface area (Å²) in [5, 5.41) is 0.195. The van der Waals surface area contributed by atoms with Crippen molar-refractivity contribution in [2.24, 2.45) is 5.92 Å². The van der Waals surface area contributed by atoms with Crippen LogP contribution in [-0.4, -0.2) is 20.2 Å². The maximum atomic E-state index is 11.5. The Balaban J connectivity index is 2.83. The smallest absolute Gasteiger partial charge is 0.192 e. The molecule has 0 radical (unpaired) electrons. The zero-order valence-corrected chi connectivity index (χ0v) is 13.3. The summed E-state index contributed by atoms with van der Waals surface area (Å²) in [5.41, 5.74) is 0. The first-order valence-electron chi connectivity index (χ1n) is 6.67. The largest absolute Gasteiger partial charge is 0.410 e. The SMILES string of the molecule is C=CC[C@H]1CC(=O)C=C[C@@H]1O[Si](C)(C)C(C)(C)C. The molecular formula is C15H26O2Si. The van der Waals surface area contributed by atoms with Crippen LogP contribution in [0.15, 0.2) is 24.8 Å². The van der Waals surface area contributed by atoms with Crippen molar-refractivity contribution in [3.63, 3.8) is 0 Å². The first-order chi connectivity index (χ1) is 8.17. The summed E-state index contributed by atoms with van der Waals surface area (Å²) >= 11 is 0. The summed E-state index contributed by atoms with van der Waals surface area (Å²) in [6, 6.07) is 0. The lowest BCUT2D eigenvalue weighted by atomic mass is 9.88. The van der Waals surface area contributed by atoms with E-state index in [1.807, 2.05) is 12.2 Å². The molecule has 0 N–H and O–H groups in total. The summed E-state index contributed by atoms with van der Waals surface area (Å²) in [7, 11) is -1.78. The normalized spacial score (nSPS) is 25.3. The Labute approximate surface area is 112 Å². The van der Waals surface area contributed by atoms with Crippen LogP contribution < -0.4 is 0 Å². The summed E-state index contributed by atoms with van der Waals surface area (Å²) < 4.78 is 6.41. The Kier molecular flexibility index (Phi) is 4.73. The Bertz CT molecular complexity index is 350. The van der Waals surface area contributed by atoms with Gasteiger partial charge in [-0.25, -0.2) is 0 Å². The fraction of sp³-hybridized carbons (Fsp3) is 0.667. The van der Waals surface area contributed by atoms with Crippen LogP contribution in [0.25, 0.3) is 0 Å². The molecule has 3 heteroatoms. The minimum Gasteiger partial charge on any atom is -0.410 e. The maximum absolute atomic E-state index is 11.5. The molecule has 0 fully saturated rings. The molecule has 1 rings (SSSR count). The topological polar surface area (TPSA) is 26.3 Å². The molecule has 18 heavy (non-hydrogen) atoms. The highest BCUT2D eigenvalue weighted by Gasteiger charge is 2.40. The molecule has 102 valence electrons. The number of hydrogen-bond acceptors (Lipinski definition) is 2. The third-order valence-corrected chi connectivity index (χ3v) is 8.58. The average molecular weight is 266 g/mol. The van der Waals surface area contributed by atoms with Gasteiger partial charge in [0.1, 0.15) is 0 Å². The third-order valence-electron chi connectivity index (χ3n) is 4.11. The molecule has 1 aliphatic rings. The van der Waals surface area contributed by atoms with Crippen molar-refractivity contribution in [2.75, 3.05) is 0 Å². The van der Waals surface area contributed by atoms with Crippen molar-refractivity contribution < 1.29 is 9.22 Å². The molecule has 0 aromatic rings. The molecule has 0 unspecified atom stereocenters. The van der Waals surface area contributed by atoms with Gasteiger partial charge >= 0.3 is 0 Å². The zero-order chi connectivity index (χ0) is 14.0. The first kappa shape index (κ1) is 15.4. The second-order valence-corrected chi connectivity index (χ2v) is 11.4. The van der Waals surface area contributed by atoms with E-state index in [0.29, 0.717) is 6.42 Å². The second-order valence-electron chi connectivity index (χ2n) is 6.66. The van der Waals surface area contributed by atoms with E-state index in [9.17, 15) is 4.79 Å². The predicted octanol–water partition coefficient (Wildman–Crippen LogP) is 4.10. The van der Waals surface area contributed by atoms with Gasteiger partial charge in [0.2, 0.25) is 0 Å². The minimum absolute atomic E-state index is 0.0709. The van der Waals surface area contributed by atoms with Gasteiger partial charge in [-0.2, -0.15) is 0 Å².